The van der Waals surface area contributed by atoms with Gasteiger partial charge in [0, 0.05) is 16.8 Å². The van der Waals surface area contributed by atoms with Crippen molar-refractivity contribution in [2.75, 3.05) is 4.90 Å². The quantitative estimate of drug-likeness (QED) is 0.187. The Morgan fingerprint density at radius 3 is 1.67 bits per heavy atom. The summed E-state index contributed by atoms with van der Waals surface area (Å²) >= 11 is 0. The van der Waals surface area contributed by atoms with Crippen LogP contribution in [0.3, 0.4) is 0 Å². The number of rotatable bonds is 3. The second-order valence-corrected chi connectivity index (χ2v) is 14.9. The highest BCUT2D eigenvalue weighted by atomic mass is 15.3. The molecule has 0 aromatic heterocycles. The van der Waals surface area contributed by atoms with Gasteiger partial charge in [0.05, 0.1) is 5.54 Å². The van der Waals surface area contributed by atoms with Crippen molar-refractivity contribution in [3.63, 3.8) is 0 Å². The second kappa shape index (κ2) is 10.1. The Morgan fingerprint density at radius 1 is 0.556 bits per heavy atom. The van der Waals surface area contributed by atoms with Crippen molar-refractivity contribution in [2.45, 2.75) is 76.7 Å². The van der Waals surface area contributed by atoms with Crippen LogP contribution < -0.4 is 4.90 Å². The number of anilines is 2. The second-order valence-electron chi connectivity index (χ2n) is 14.9. The van der Waals surface area contributed by atoms with E-state index in [0.29, 0.717) is 0 Å². The normalized spacial score (nSPS) is 21.2. The molecule has 8 rings (SSSR count). The van der Waals surface area contributed by atoms with Crippen molar-refractivity contribution < 1.29 is 0 Å². The molecular weight excluding hydrogens is 542 g/mol. The molecular formula is C44H43N. The molecule has 224 valence electrons. The number of hydrogen-bond acceptors (Lipinski definition) is 1. The standard InChI is InChI=1S/C44H43N/c1-42(2,3)32-22-24-33(25-23-32)45-39-26-21-31(29-38(39)43(4)27-13-14-28-44(43,45)5)41-36-19-11-9-17-34(36)40(30-15-7-6-8-16-30)35-18-10-12-20-37(35)41/h6-12,15-26,29H,13-14,27-28H2,1-5H3. The average Bonchev–Trinajstić information content (AvgIpc) is 3.26. The van der Waals surface area contributed by atoms with E-state index in [1.165, 1.54) is 92.0 Å². The van der Waals surface area contributed by atoms with Gasteiger partial charge in [0.1, 0.15) is 0 Å². The van der Waals surface area contributed by atoms with Crippen molar-refractivity contribution in [1.29, 1.82) is 0 Å². The van der Waals surface area contributed by atoms with E-state index in [9.17, 15) is 0 Å². The smallest absolute Gasteiger partial charge is 0.0517 e. The lowest BCUT2D eigenvalue weighted by atomic mass is 9.61. The lowest BCUT2D eigenvalue weighted by Crippen LogP contribution is -2.54. The van der Waals surface area contributed by atoms with Crippen LogP contribution in [-0.4, -0.2) is 5.54 Å². The van der Waals surface area contributed by atoms with Gasteiger partial charge in [0.25, 0.3) is 0 Å². The van der Waals surface area contributed by atoms with Gasteiger partial charge in [-0.15, -0.1) is 0 Å². The molecule has 0 saturated heterocycles. The Kier molecular flexibility index (Phi) is 6.30. The van der Waals surface area contributed by atoms with E-state index in [1.807, 2.05) is 0 Å². The third-order valence-electron chi connectivity index (χ3n) is 11.4. The number of benzene rings is 6. The molecule has 6 aromatic carbocycles. The van der Waals surface area contributed by atoms with Crippen LogP contribution >= 0.6 is 0 Å². The van der Waals surface area contributed by atoms with Crippen LogP contribution in [0.4, 0.5) is 11.4 Å². The van der Waals surface area contributed by atoms with Gasteiger partial charge in [0.15, 0.2) is 0 Å². The Hall–Kier alpha value is -4.36. The van der Waals surface area contributed by atoms with Gasteiger partial charge < -0.3 is 4.90 Å². The summed E-state index contributed by atoms with van der Waals surface area (Å²) in [6.07, 6.45) is 4.97. The summed E-state index contributed by atoms with van der Waals surface area (Å²) in [7, 11) is 0. The van der Waals surface area contributed by atoms with Gasteiger partial charge in [-0.3, -0.25) is 0 Å². The number of nitrogens with zero attached hydrogens (tertiary/aromatic N) is 1. The fraction of sp³-hybridized carbons (Fsp3) is 0.273. The first kappa shape index (κ1) is 28.1. The minimum Gasteiger partial charge on any atom is -0.334 e. The zero-order valence-corrected chi connectivity index (χ0v) is 27.3. The predicted molar refractivity (Wildman–Crippen MR) is 194 cm³/mol. The molecule has 2 atom stereocenters. The molecule has 6 aromatic rings. The number of fused-ring (bicyclic) bond motifs is 5. The van der Waals surface area contributed by atoms with Gasteiger partial charge in [-0.1, -0.05) is 138 Å². The molecule has 1 aliphatic carbocycles. The van der Waals surface area contributed by atoms with Gasteiger partial charge >= 0.3 is 0 Å². The lowest BCUT2D eigenvalue weighted by Gasteiger charge is -2.50. The van der Waals surface area contributed by atoms with Gasteiger partial charge in [-0.25, -0.2) is 0 Å². The fourth-order valence-corrected chi connectivity index (χ4v) is 8.76. The highest BCUT2D eigenvalue weighted by Crippen LogP contribution is 2.61. The molecule has 0 radical (unpaired) electrons. The maximum absolute atomic E-state index is 2.70. The SMILES string of the molecule is CC(C)(C)c1ccc(N2c3ccc(-c4c5ccccc5c(-c5ccccc5)c5ccccc45)cc3C3(C)CCCCC23C)cc1. The van der Waals surface area contributed by atoms with Gasteiger partial charge in [0.2, 0.25) is 0 Å². The van der Waals surface area contributed by atoms with E-state index in [1.54, 1.807) is 0 Å². The average molecular weight is 586 g/mol. The largest absolute Gasteiger partial charge is 0.334 e. The van der Waals surface area contributed by atoms with Crippen molar-refractivity contribution >= 4 is 32.9 Å². The molecule has 2 aliphatic rings. The van der Waals surface area contributed by atoms with Gasteiger partial charge in [-0.05, 0) is 104 Å². The summed E-state index contributed by atoms with van der Waals surface area (Å²) in [4.78, 5) is 2.70. The maximum atomic E-state index is 2.70. The molecule has 1 fully saturated rings. The Bertz CT molecular complexity index is 2010. The monoisotopic (exact) mass is 585 g/mol. The molecule has 1 saturated carbocycles. The zero-order chi connectivity index (χ0) is 31.0. The Labute approximate surface area is 268 Å². The van der Waals surface area contributed by atoms with E-state index in [-0.39, 0.29) is 16.4 Å². The fourth-order valence-electron chi connectivity index (χ4n) is 8.76. The zero-order valence-electron chi connectivity index (χ0n) is 27.3. The lowest BCUT2D eigenvalue weighted by molar-refractivity contribution is 0.195. The van der Waals surface area contributed by atoms with Crippen LogP contribution in [-0.2, 0) is 10.8 Å². The molecule has 1 nitrogen and oxygen atoms in total. The van der Waals surface area contributed by atoms with Crippen molar-refractivity contribution in [1.82, 2.24) is 0 Å². The summed E-state index contributed by atoms with van der Waals surface area (Å²) in [5.41, 5.74) is 11.1. The molecule has 0 bridgehead atoms. The minimum absolute atomic E-state index is 0.0246. The van der Waals surface area contributed by atoms with Crippen LogP contribution in [0.1, 0.15) is 71.4 Å². The summed E-state index contributed by atoms with van der Waals surface area (Å²) in [5.74, 6) is 0. The molecule has 1 aliphatic heterocycles. The van der Waals surface area contributed by atoms with Gasteiger partial charge in [-0.2, -0.15) is 0 Å². The van der Waals surface area contributed by atoms with E-state index in [4.69, 9.17) is 0 Å². The molecule has 0 spiro atoms. The van der Waals surface area contributed by atoms with Crippen LogP contribution in [0.5, 0.6) is 0 Å². The molecule has 2 unspecified atom stereocenters. The van der Waals surface area contributed by atoms with Crippen LogP contribution in [0.2, 0.25) is 0 Å². The third kappa shape index (κ3) is 4.13. The van der Waals surface area contributed by atoms with Crippen molar-refractivity contribution in [2.24, 2.45) is 0 Å². The van der Waals surface area contributed by atoms with Crippen LogP contribution in [0, 0.1) is 0 Å². The summed E-state index contributed by atoms with van der Waals surface area (Å²) in [5, 5.41) is 5.26. The first-order chi connectivity index (χ1) is 21.7. The third-order valence-corrected chi connectivity index (χ3v) is 11.4. The van der Waals surface area contributed by atoms with Crippen LogP contribution in [0.15, 0.2) is 121 Å². The first-order valence-corrected chi connectivity index (χ1v) is 16.8. The first-order valence-electron chi connectivity index (χ1n) is 16.8. The Balaban J connectivity index is 1.37. The van der Waals surface area contributed by atoms with Crippen molar-refractivity contribution in [3.8, 4) is 22.3 Å². The topological polar surface area (TPSA) is 3.24 Å². The Morgan fingerprint density at radius 2 is 1.09 bits per heavy atom. The minimum atomic E-state index is 0.0246. The molecule has 45 heavy (non-hydrogen) atoms. The summed E-state index contributed by atoms with van der Waals surface area (Å²) in [6, 6.07) is 45.8. The highest BCUT2D eigenvalue weighted by molar-refractivity contribution is 6.21. The predicted octanol–water partition coefficient (Wildman–Crippen LogP) is 12.4. The molecule has 1 heterocycles. The number of hydrogen-bond donors (Lipinski definition) is 0. The van der Waals surface area contributed by atoms with Crippen molar-refractivity contribution in [3.05, 3.63) is 132 Å². The van der Waals surface area contributed by atoms with E-state index >= 15 is 0 Å². The summed E-state index contributed by atoms with van der Waals surface area (Å²) in [6.45, 7) is 12.0. The molecule has 0 amide bonds. The van der Waals surface area contributed by atoms with Crippen LogP contribution in [0.25, 0.3) is 43.8 Å². The molecule has 1 heteroatoms. The van der Waals surface area contributed by atoms with E-state index in [2.05, 4.69) is 161 Å². The maximum Gasteiger partial charge on any atom is 0.0517 e. The highest BCUT2D eigenvalue weighted by Gasteiger charge is 2.57. The van der Waals surface area contributed by atoms with E-state index < -0.39 is 0 Å². The molecule has 0 N–H and O–H groups in total. The van der Waals surface area contributed by atoms with E-state index in [0.717, 1.165) is 0 Å². The summed E-state index contributed by atoms with van der Waals surface area (Å²) < 4.78 is 0.